The third kappa shape index (κ3) is 6.28. The lowest BCUT2D eigenvalue weighted by molar-refractivity contribution is -0.579. The van der Waals surface area contributed by atoms with Gasteiger partial charge in [-0.15, -0.1) is 0 Å². The van der Waals surface area contributed by atoms with Crippen LogP contribution < -0.4 is 0 Å². The van der Waals surface area contributed by atoms with Gasteiger partial charge < -0.3 is 5.11 Å². The molecule has 1 N–H and O–H groups in total. The molecule has 27 heteroatoms. The van der Waals surface area contributed by atoms with Gasteiger partial charge in [-0.2, -0.15) is 101 Å². The minimum atomic E-state index is -8.68. The van der Waals surface area contributed by atoms with Crippen molar-refractivity contribution in [1.29, 1.82) is 0 Å². The molecular formula is C12H3F23O4. The third-order valence-electron chi connectivity index (χ3n) is 3.65. The van der Waals surface area contributed by atoms with Gasteiger partial charge in [0.25, 0.3) is 0 Å². The van der Waals surface area contributed by atoms with Crippen LogP contribution in [0.3, 0.4) is 0 Å². The second-order valence-electron chi connectivity index (χ2n) is 6.50. The number of rotatable bonds is 10. The van der Waals surface area contributed by atoms with Crippen LogP contribution in [0.1, 0.15) is 0 Å². The molecule has 0 bridgehead atoms. The van der Waals surface area contributed by atoms with E-state index in [2.05, 4.69) is 0 Å². The fraction of sp³-hybridized carbons (Fsp3) is 1.00. The Morgan fingerprint density at radius 1 is 0.359 bits per heavy atom. The van der Waals surface area contributed by atoms with E-state index in [0.29, 0.717) is 0 Å². The highest BCUT2D eigenvalue weighted by molar-refractivity contribution is 4.97. The van der Waals surface area contributed by atoms with Gasteiger partial charge in [-0.1, -0.05) is 0 Å². The third-order valence-corrected chi connectivity index (χ3v) is 3.65. The minimum absolute atomic E-state index is 1.01. The number of hydrogen-bond donors (Lipinski definition) is 1. The second kappa shape index (κ2) is 9.66. The molecular weight excluding hydrogens is 645 g/mol. The summed E-state index contributed by atoms with van der Waals surface area (Å²) >= 11 is 0. The predicted octanol–water partition coefficient (Wildman–Crippen LogP) is 6.69. The van der Waals surface area contributed by atoms with Crippen LogP contribution in [0, 0.1) is 0 Å². The van der Waals surface area contributed by atoms with Crippen molar-refractivity contribution in [2.24, 2.45) is 0 Å². The van der Waals surface area contributed by atoms with Crippen molar-refractivity contribution < 1.29 is 120 Å². The van der Waals surface area contributed by atoms with E-state index in [9.17, 15) is 101 Å². The molecule has 3 atom stereocenters. The van der Waals surface area contributed by atoms with Crippen LogP contribution in [-0.2, 0) is 14.2 Å². The van der Waals surface area contributed by atoms with Crippen LogP contribution in [0.2, 0.25) is 0 Å². The topological polar surface area (TPSA) is 47.9 Å². The molecule has 0 aromatic rings. The number of halogens is 23. The van der Waals surface area contributed by atoms with Crippen molar-refractivity contribution in [3.8, 4) is 0 Å². The molecule has 0 spiro atoms. The van der Waals surface area contributed by atoms with Crippen LogP contribution in [0.15, 0.2) is 0 Å². The van der Waals surface area contributed by atoms with Gasteiger partial charge in [0, 0.05) is 0 Å². The van der Waals surface area contributed by atoms with Crippen LogP contribution in [-0.4, -0.2) is 78.2 Å². The number of hydrogen-bond acceptors (Lipinski definition) is 4. The number of alkyl halides is 23. The summed E-state index contributed by atoms with van der Waals surface area (Å²) in [6.07, 6.45) is -56.9. The summed E-state index contributed by atoms with van der Waals surface area (Å²) < 4.78 is 300. The van der Waals surface area contributed by atoms with Gasteiger partial charge in [0.05, 0.1) is 0 Å². The quantitative estimate of drug-likeness (QED) is 0.269. The highest BCUT2D eigenvalue weighted by atomic mass is 19.4. The van der Waals surface area contributed by atoms with Crippen molar-refractivity contribution in [2.75, 3.05) is 6.61 Å². The van der Waals surface area contributed by atoms with Crippen LogP contribution in [0.25, 0.3) is 0 Å². The normalized spacial score (nSPS) is 20.3. The molecule has 0 unspecified atom stereocenters. The molecule has 0 radical (unpaired) electrons. The molecule has 0 aliphatic rings. The van der Waals surface area contributed by atoms with E-state index < -0.39 is 73.1 Å². The molecule has 236 valence electrons. The van der Waals surface area contributed by atoms with E-state index in [1.54, 1.807) is 4.74 Å². The van der Waals surface area contributed by atoms with Crippen molar-refractivity contribution in [2.45, 2.75) is 66.5 Å². The highest BCUT2D eigenvalue weighted by Gasteiger charge is 2.88. The van der Waals surface area contributed by atoms with Crippen LogP contribution in [0.5, 0.6) is 0 Å². The van der Waals surface area contributed by atoms with Gasteiger partial charge in [-0.25, -0.2) is 0 Å². The van der Waals surface area contributed by atoms with E-state index in [-0.39, 0.29) is 0 Å². The van der Waals surface area contributed by atoms with Crippen molar-refractivity contribution in [3.63, 3.8) is 0 Å². The van der Waals surface area contributed by atoms with E-state index >= 15 is 0 Å². The number of aliphatic hydroxyl groups is 1. The summed E-state index contributed by atoms with van der Waals surface area (Å²) in [5.74, 6) is -31.9. The lowest BCUT2D eigenvalue weighted by atomic mass is 10.2. The van der Waals surface area contributed by atoms with Gasteiger partial charge in [0.2, 0.25) is 0 Å². The average molecular weight is 648 g/mol. The Labute approximate surface area is 195 Å². The van der Waals surface area contributed by atoms with Gasteiger partial charge >= 0.3 is 66.5 Å². The first-order valence-corrected chi connectivity index (χ1v) is 7.99. The molecule has 0 amide bonds. The zero-order chi connectivity index (χ0) is 32.3. The van der Waals surface area contributed by atoms with Gasteiger partial charge in [-0.3, -0.25) is 14.2 Å². The summed E-state index contributed by atoms with van der Waals surface area (Å²) in [7, 11) is 0. The lowest BCUT2D eigenvalue weighted by Gasteiger charge is -2.42. The number of ether oxygens (including phenoxy) is 3. The zero-order valence-corrected chi connectivity index (χ0v) is 16.6. The van der Waals surface area contributed by atoms with Crippen molar-refractivity contribution in [1.82, 2.24) is 0 Å². The first-order valence-electron chi connectivity index (χ1n) is 7.99. The summed E-state index contributed by atoms with van der Waals surface area (Å²) in [4.78, 5) is 0. The maximum Gasteiger partial charge on any atom is 0.462 e. The molecule has 4 nitrogen and oxygen atoms in total. The Balaban J connectivity index is 7.14. The van der Waals surface area contributed by atoms with Crippen LogP contribution in [0.4, 0.5) is 101 Å². The maximum absolute atomic E-state index is 14.0. The first kappa shape index (κ1) is 37.2. The average Bonchev–Trinajstić information content (AvgIpc) is 2.62. The standard InChI is InChI=1S/C12H3F23O4/c13-2(1-36,6(18,19)20)37-11(32,33)4(16,8(24,25)26)39-12(34,35)5(17,9(27,28)29)38-10(30,31)3(14,15)7(21,22)23/h36H,1H2/t2-,4-,5+/m1/s1. The van der Waals surface area contributed by atoms with E-state index in [1.807, 2.05) is 0 Å². The molecule has 0 aromatic carbocycles. The molecule has 0 aliphatic carbocycles. The Bertz CT molecular complexity index is 855. The molecule has 0 heterocycles. The summed E-state index contributed by atoms with van der Waals surface area (Å²) in [5.41, 5.74) is 0. The molecule has 0 fully saturated rings. The van der Waals surface area contributed by atoms with E-state index in [4.69, 9.17) is 5.11 Å². The van der Waals surface area contributed by atoms with Gasteiger partial charge in [0.1, 0.15) is 6.61 Å². The maximum atomic E-state index is 14.0. The lowest BCUT2D eigenvalue weighted by Crippen LogP contribution is -2.70. The Morgan fingerprint density at radius 2 is 0.641 bits per heavy atom. The molecule has 0 saturated carbocycles. The van der Waals surface area contributed by atoms with Crippen molar-refractivity contribution in [3.05, 3.63) is 0 Å². The Kier molecular flexibility index (Phi) is 9.22. The fourth-order valence-electron chi connectivity index (χ4n) is 1.66. The van der Waals surface area contributed by atoms with E-state index in [0.717, 1.165) is 9.47 Å². The Hall–Kier alpha value is -1.77. The molecule has 0 saturated heterocycles. The number of aliphatic hydroxyl groups excluding tert-OH is 1. The summed E-state index contributed by atoms with van der Waals surface area (Å²) in [6.45, 7) is -3.62. The molecule has 39 heavy (non-hydrogen) atoms. The summed E-state index contributed by atoms with van der Waals surface area (Å²) in [5, 5.41) is 8.07. The summed E-state index contributed by atoms with van der Waals surface area (Å²) in [6, 6.07) is 0. The van der Waals surface area contributed by atoms with Gasteiger partial charge in [-0.05, 0) is 0 Å². The monoisotopic (exact) mass is 648 g/mol. The fourth-order valence-corrected chi connectivity index (χ4v) is 1.66. The second-order valence-corrected chi connectivity index (χ2v) is 6.50. The van der Waals surface area contributed by atoms with E-state index in [1.165, 1.54) is 0 Å². The molecule has 0 aliphatic heterocycles. The SMILES string of the molecule is OC[C@@](F)(OC(F)(F)[C@](F)(OC(F)(F)[C@@](F)(OC(F)(F)C(F)(F)C(F)(F)F)C(F)(F)F)C(F)(F)F)C(F)(F)F. The highest BCUT2D eigenvalue weighted by Crippen LogP contribution is 2.59. The smallest absolute Gasteiger partial charge is 0.390 e. The molecule has 0 aromatic heterocycles. The Morgan fingerprint density at radius 3 is 0.872 bits per heavy atom. The first-order chi connectivity index (χ1) is 16.4. The van der Waals surface area contributed by atoms with Crippen LogP contribution >= 0.6 is 0 Å². The van der Waals surface area contributed by atoms with Crippen molar-refractivity contribution >= 4 is 0 Å². The minimum Gasteiger partial charge on any atom is -0.390 e. The van der Waals surface area contributed by atoms with Gasteiger partial charge in [0.15, 0.2) is 0 Å². The molecule has 0 rings (SSSR count). The largest absolute Gasteiger partial charge is 0.462 e. The zero-order valence-electron chi connectivity index (χ0n) is 16.6. The predicted molar refractivity (Wildman–Crippen MR) is 65.9 cm³/mol.